The Bertz CT molecular complexity index is 867. The van der Waals surface area contributed by atoms with Crippen molar-refractivity contribution in [3.05, 3.63) is 18.7 Å². The number of carbonyl (C=O) groups excluding carboxylic acids is 2. The molecule has 0 saturated heterocycles. The molecule has 7 heteroatoms. The third kappa shape index (κ3) is 32.9. The van der Waals surface area contributed by atoms with Gasteiger partial charge in [-0.1, -0.05) is 182 Å². The summed E-state index contributed by atoms with van der Waals surface area (Å²) >= 11 is 0. The zero-order valence-electron chi connectivity index (χ0n) is 37.0. The number of unbranched alkanes of at least 4 members (excludes halogenated alkanes) is 20. The first-order chi connectivity index (χ1) is 27.0. The van der Waals surface area contributed by atoms with Gasteiger partial charge in [-0.15, -0.1) is 0 Å². The van der Waals surface area contributed by atoms with E-state index in [1.807, 2.05) is 18.7 Å². The largest absolute Gasteiger partial charge is 0.465 e. The number of imidazole rings is 1. The number of hydrogen-bond acceptors (Lipinski definition) is 6. The molecule has 7 nitrogen and oxygen atoms in total. The van der Waals surface area contributed by atoms with Crippen molar-refractivity contribution in [2.24, 2.45) is 11.8 Å². The van der Waals surface area contributed by atoms with Gasteiger partial charge in [0.2, 0.25) is 0 Å². The van der Waals surface area contributed by atoms with E-state index in [-0.39, 0.29) is 11.9 Å². The fourth-order valence-electron chi connectivity index (χ4n) is 7.77. The van der Waals surface area contributed by atoms with Crippen LogP contribution in [0.2, 0.25) is 0 Å². The summed E-state index contributed by atoms with van der Waals surface area (Å²) in [5.41, 5.74) is 0. The number of rotatable bonds is 42. The van der Waals surface area contributed by atoms with Crippen LogP contribution in [0.3, 0.4) is 0 Å². The van der Waals surface area contributed by atoms with Crippen molar-refractivity contribution < 1.29 is 19.1 Å². The van der Waals surface area contributed by atoms with Gasteiger partial charge in [-0.2, -0.15) is 0 Å². The van der Waals surface area contributed by atoms with Crippen LogP contribution < -0.4 is 0 Å². The Balaban J connectivity index is 2.63. The molecule has 0 aromatic carbocycles. The Hall–Kier alpha value is -1.89. The number of nitrogens with zero attached hydrogens (tertiary/aromatic N) is 3. The zero-order chi connectivity index (χ0) is 39.9. The third-order valence-electron chi connectivity index (χ3n) is 11.5. The number of aryl methyl sites for hydroxylation is 1. The topological polar surface area (TPSA) is 73.7 Å². The van der Waals surface area contributed by atoms with Crippen LogP contribution in [0.1, 0.15) is 227 Å². The molecular weight excluding hydrogens is 683 g/mol. The minimum Gasteiger partial charge on any atom is -0.465 e. The second-order valence-corrected chi connectivity index (χ2v) is 16.8. The summed E-state index contributed by atoms with van der Waals surface area (Å²) in [5.74, 6) is 0.720. The molecule has 0 spiro atoms. The van der Waals surface area contributed by atoms with Crippen molar-refractivity contribution >= 4 is 11.9 Å². The zero-order valence-corrected chi connectivity index (χ0v) is 37.0. The van der Waals surface area contributed by atoms with E-state index in [0.29, 0.717) is 51.0 Å². The summed E-state index contributed by atoms with van der Waals surface area (Å²) in [7, 11) is 0. The van der Waals surface area contributed by atoms with E-state index >= 15 is 0 Å². The van der Waals surface area contributed by atoms with Gasteiger partial charge in [0.15, 0.2) is 0 Å². The van der Waals surface area contributed by atoms with Gasteiger partial charge in [0, 0.05) is 32.0 Å². The molecule has 1 aromatic heterocycles. The fourth-order valence-corrected chi connectivity index (χ4v) is 7.77. The second-order valence-electron chi connectivity index (χ2n) is 16.8. The molecule has 0 saturated carbocycles. The predicted octanol–water partition coefficient (Wildman–Crippen LogP) is 13.7. The van der Waals surface area contributed by atoms with E-state index < -0.39 is 0 Å². The molecular formula is C48H91N3O4. The van der Waals surface area contributed by atoms with Crippen LogP contribution in [0.25, 0.3) is 0 Å². The normalized spacial score (nSPS) is 11.7. The molecule has 0 fully saturated rings. The van der Waals surface area contributed by atoms with Gasteiger partial charge < -0.3 is 18.9 Å². The molecule has 0 atom stereocenters. The summed E-state index contributed by atoms with van der Waals surface area (Å²) in [4.78, 5) is 32.6. The molecule has 0 aliphatic rings. The molecule has 1 heterocycles. The molecule has 55 heavy (non-hydrogen) atoms. The summed E-state index contributed by atoms with van der Waals surface area (Å²) in [6, 6.07) is 0. The first-order valence-electron chi connectivity index (χ1n) is 24.0. The van der Waals surface area contributed by atoms with Crippen LogP contribution in [0, 0.1) is 11.8 Å². The van der Waals surface area contributed by atoms with Gasteiger partial charge in [-0.05, 0) is 50.5 Å². The standard InChI is InChI=1S/C48H91N3O4/c1-5-9-13-17-21-25-30-45(31-26-22-18-14-10-6-2)42-54-47(52)34-39-50(37-29-38-51-41-36-49-44-51)40-35-48(53)55-43-46(32-27-23-19-15-11-7-3)33-28-24-20-16-12-8-4/h36,41,44-46H,5-35,37-40,42-43H2,1-4H3. The molecule has 0 radical (unpaired) electrons. The first kappa shape index (κ1) is 51.1. The molecule has 1 rings (SSSR count). The number of hydrogen-bond donors (Lipinski definition) is 0. The van der Waals surface area contributed by atoms with Crippen LogP contribution in [0.15, 0.2) is 18.7 Å². The van der Waals surface area contributed by atoms with Crippen molar-refractivity contribution in [2.45, 2.75) is 233 Å². The lowest BCUT2D eigenvalue weighted by Crippen LogP contribution is -2.31. The van der Waals surface area contributed by atoms with Gasteiger partial charge in [0.05, 0.1) is 32.4 Å². The van der Waals surface area contributed by atoms with Gasteiger partial charge in [0.1, 0.15) is 0 Å². The average Bonchev–Trinajstić information content (AvgIpc) is 3.72. The third-order valence-corrected chi connectivity index (χ3v) is 11.5. The maximum Gasteiger partial charge on any atom is 0.307 e. The van der Waals surface area contributed by atoms with E-state index in [9.17, 15) is 9.59 Å². The Morgan fingerprint density at radius 3 is 1.22 bits per heavy atom. The Kier molecular flexibility index (Phi) is 36.2. The Labute approximate surface area is 341 Å². The molecule has 0 aliphatic carbocycles. The Morgan fingerprint density at radius 2 is 0.873 bits per heavy atom. The quantitative estimate of drug-likeness (QED) is 0.0486. The highest BCUT2D eigenvalue weighted by molar-refractivity contribution is 5.70. The molecule has 0 amide bonds. The van der Waals surface area contributed by atoms with Crippen LogP contribution >= 0.6 is 0 Å². The number of esters is 2. The van der Waals surface area contributed by atoms with Crippen LogP contribution in [0.4, 0.5) is 0 Å². The van der Waals surface area contributed by atoms with E-state index in [0.717, 1.165) is 45.2 Å². The maximum absolute atomic E-state index is 13.1. The average molecular weight is 774 g/mol. The van der Waals surface area contributed by atoms with E-state index in [1.165, 1.54) is 154 Å². The van der Waals surface area contributed by atoms with Crippen LogP contribution in [-0.4, -0.2) is 59.2 Å². The van der Waals surface area contributed by atoms with Crippen LogP contribution in [-0.2, 0) is 25.6 Å². The minimum atomic E-state index is -0.106. The molecule has 0 unspecified atom stereocenters. The van der Waals surface area contributed by atoms with Gasteiger partial charge >= 0.3 is 11.9 Å². The number of ether oxygens (including phenoxy) is 2. The van der Waals surface area contributed by atoms with Crippen molar-refractivity contribution in [3.63, 3.8) is 0 Å². The SMILES string of the molecule is CCCCCCCCC(CCCCCCCC)COC(=O)CCN(CCCn1ccnc1)CCC(=O)OCC(CCCCCCCC)CCCCCCCC. The van der Waals surface area contributed by atoms with Gasteiger partial charge in [-0.3, -0.25) is 9.59 Å². The molecule has 1 aromatic rings. The number of aromatic nitrogens is 2. The highest BCUT2D eigenvalue weighted by Crippen LogP contribution is 2.22. The van der Waals surface area contributed by atoms with Crippen molar-refractivity contribution in [1.29, 1.82) is 0 Å². The fraction of sp³-hybridized carbons (Fsp3) is 0.896. The lowest BCUT2D eigenvalue weighted by Gasteiger charge is -2.23. The maximum atomic E-state index is 13.1. The summed E-state index contributed by atoms with van der Waals surface area (Å²) in [5, 5.41) is 0. The van der Waals surface area contributed by atoms with E-state index in [1.54, 1.807) is 0 Å². The van der Waals surface area contributed by atoms with E-state index in [4.69, 9.17) is 9.47 Å². The monoisotopic (exact) mass is 774 g/mol. The lowest BCUT2D eigenvalue weighted by molar-refractivity contribution is -0.145. The highest BCUT2D eigenvalue weighted by atomic mass is 16.5. The summed E-state index contributed by atoms with van der Waals surface area (Å²) in [6.45, 7) is 13.1. The predicted molar refractivity (Wildman–Crippen MR) is 233 cm³/mol. The molecule has 322 valence electrons. The van der Waals surface area contributed by atoms with Crippen molar-refractivity contribution in [3.8, 4) is 0 Å². The van der Waals surface area contributed by atoms with E-state index in [2.05, 4.69) is 42.1 Å². The summed E-state index contributed by atoms with van der Waals surface area (Å²) in [6.07, 6.45) is 43.1. The lowest BCUT2D eigenvalue weighted by atomic mass is 9.94. The highest BCUT2D eigenvalue weighted by Gasteiger charge is 2.17. The molecule has 0 aliphatic heterocycles. The smallest absolute Gasteiger partial charge is 0.307 e. The molecule has 0 bridgehead atoms. The van der Waals surface area contributed by atoms with Gasteiger partial charge in [0.25, 0.3) is 0 Å². The second kappa shape index (κ2) is 39.0. The van der Waals surface area contributed by atoms with Crippen LogP contribution in [0.5, 0.6) is 0 Å². The molecule has 0 N–H and O–H groups in total. The minimum absolute atomic E-state index is 0.106. The summed E-state index contributed by atoms with van der Waals surface area (Å²) < 4.78 is 14.0. The number of carbonyl (C=O) groups is 2. The Morgan fingerprint density at radius 1 is 0.509 bits per heavy atom. The first-order valence-corrected chi connectivity index (χ1v) is 24.0. The van der Waals surface area contributed by atoms with Crippen molar-refractivity contribution in [1.82, 2.24) is 14.5 Å². The van der Waals surface area contributed by atoms with Gasteiger partial charge in [-0.25, -0.2) is 4.98 Å². The van der Waals surface area contributed by atoms with Crippen molar-refractivity contribution in [2.75, 3.05) is 32.8 Å².